The summed E-state index contributed by atoms with van der Waals surface area (Å²) in [6, 6.07) is 7.78. The molecule has 0 radical (unpaired) electrons. The van der Waals surface area contributed by atoms with Crippen molar-refractivity contribution in [1.82, 2.24) is 15.5 Å². The van der Waals surface area contributed by atoms with Crippen LogP contribution < -0.4 is 15.4 Å². The van der Waals surface area contributed by atoms with Gasteiger partial charge < -0.3 is 25.0 Å². The first kappa shape index (κ1) is 23.5. The molecule has 0 aromatic heterocycles. The monoisotopic (exact) mass is 490 g/mol. The molecule has 27 heavy (non-hydrogen) atoms. The van der Waals surface area contributed by atoms with E-state index in [1.54, 1.807) is 26.1 Å². The lowest BCUT2D eigenvalue weighted by molar-refractivity contribution is -0.127. The van der Waals surface area contributed by atoms with Gasteiger partial charge >= 0.3 is 0 Å². The van der Waals surface area contributed by atoms with E-state index in [4.69, 9.17) is 9.47 Å². The van der Waals surface area contributed by atoms with Crippen molar-refractivity contribution in [1.29, 1.82) is 0 Å². The summed E-state index contributed by atoms with van der Waals surface area (Å²) in [6.45, 7) is 4.24. The summed E-state index contributed by atoms with van der Waals surface area (Å²) in [4.78, 5) is 18.0. The average molecular weight is 490 g/mol. The minimum absolute atomic E-state index is 0. The number of aliphatic imine (C=N–C) groups is 1. The second-order valence-electron chi connectivity index (χ2n) is 6.91. The first-order valence-corrected chi connectivity index (χ1v) is 8.91. The summed E-state index contributed by atoms with van der Waals surface area (Å²) in [5.74, 6) is 1.41. The van der Waals surface area contributed by atoms with Gasteiger partial charge in [-0.1, -0.05) is 12.1 Å². The van der Waals surface area contributed by atoms with Crippen LogP contribution in [0, 0.1) is 0 Å². The van der Waals surface area contributed by atoms with Crippen LogP contribution in [0.2, 0.25) is 0 Å². The van der Waals surface area contributed by atoms with Crippen LogP contribution in [-0.2, 0) is 16.1 Å². The summed E-state index contributed by atoms with van der Waals surface area (Å²) in [5, 5.41) is 6.41. The zero-order chi connectivity index (χ0) is 19.0. The number of guanidine groups is 1. The van der Waals surface area contributed by atoms with E-state index in [2.05, 4.69) is 22.5 Å². The highest BCUT2D eigenvalue weighted by molar-refractivity contribution is 14.0. The quantitative estimate of drug-likeness (QED) is 0.348. The van der Waals surface area contributed by atoms with Gasteiger partial charge in [0.25, 0.3) is 0 Å². The molecule has 7 nitrogen and oxygen atoms in total. The number of nitrogens with zero attached hydrogens (tertiary/aromatic N) is 2. The molecule has 1 saturated heterocycles. The van der Waals surface area contributed by atoms with Gasteiger partial charge in [0.05, 0.1) is 25.8 Å². The van der Waals surface area contributed by atoms with Crippen LogP contribution in [-0.4, -0.2) is 63.3 Å². The first-order chi connectivity index (χ1) is 12.4. The summed E-state index contributed by atoms with van der Waals surface area (Å²) >= 11 is 0. The van der Waals surface area contributed by atoms with Crippen molar-refractivity contribution in [3.8, 4) is 5.75 Å². The van der Waals surface area contributed by atoms with E-state index in [9.17, 15) is 4.79 Å². The highest BCUT2D eigenvalue weighted by Gasteiger charge is 2.29. The van der Waals surface area contributed by atoms with Crippen LogP contribution in [0.3, 0.4) is 0 Å². The fourth-order valence-electron chi connectivity index (χ4n) is 2.64. The van der Waals surface area contributed by atoms with Gasteiger partial charge in [-0.05, 0) is 37.5 Å². The van der Waals surface area contributed by atoms with E-state index in [1.165, 1.54) is 0 Å². The SMILES string of the molecule is COc1ccc(CN=C(NCC(=O)N(C)C)NCC2(C)CCCO2)cc1.I. The Morgan fingerprint density at radius 1 is 1.30 bits per heavy atom. The standard InChI is InChI=1S/C19H30N4O3.HI/c1-19(10-5-11-26-19)14-22-18(21-13-17(24)23(2)3)20-12-15-6-8-16(25-4)9-7-15;/h6-9H,5,10-14H2,1-4H3,(H2,20,21,22);1H. The van der Waals surface area contributed by atoms with Crippen LogP contribution in [0.1, 0.15) is 25.3 Å². The van der Waals surface area contributed by atoms with E-state index in [0.717, 1.165) is 30.8 Å². The number of carbonyl (C=O) groups is 1. The molecule has 2 N–H and O–H groups in total. The Bertz CT molecular complexity index is 614. The Labute approximate surface area is 178 Å². The second-order valence-corrected chi connectivity index (χ2v) is 6.91. The number of ether oxygens (including phenoxy) is 2. The number of amides is 1. The van der Waals surface area contributed by atoms with Gasteiger partial charge in [0.1, 0.15) is 5.75 Å². The average Bonchev–Trinajstić information content (AvgIpc) is 3.08. The van der Waals surface area contributed by atoms with Gasteiger partial charge in [-0.25, -0.2) is 4.99 Å². The number of likely N-dealkylation sites (N-methyl/N-ethyl adjacent to an activating group) is 1. The molecular weight excluding hydrogens is 459 g/mol. The third-order valence-corrected chi connectivity index (χ3v) is 4.41. The zero-order valence-corrected chi connectivity index (χ0v) is 18.9. The van der Waals surface area contributed by atoms with Gasteiger partial charge in [-0.2, -0.15) is 0 Å². The van der Waals surface area contributed by atoms with Gasteiger partial charge in [0, 0.05) is 27.2 Å². The Morgan fingerprint density at radius 2 is 2.00 bits per heavy atom. The predicted molar refractivity (Wildman–Crippen MR) is 118 cm³/mol. The van der Waals surface area contributed by atoms with Gasteiger partial charge in [0.2, 0.25) is 5.91 Å². The molecule has 1 aliphatic heterocycles. The maximum Gasteiger partial charge on any atom is 0.241 e. The number of carbonyl (C=O) groups excluding carboxylic acids is 1. The molecule has 0 bridgehead atoms. The molecule has 1 fully saturated rings. The topological polar surface area (TPSA) is 75.2 Å². The Kier molecular flexibility index (Phi) is 9.86. The molecule has 1 atom stereocenters. The normalized spacial score (nSPS) is 19.2. The van der Waals surface area contributed by atoms with Crippen molar-refractivity contribution in [2.24, 2.45) is 4.99 Å². The van der Waals surface area contributed by atoms with Crippen molar-refractivity contribution < 1.29 is 14.3 Å². The molecule has 2 rings (SSSR count). The van der Waals surface area contributed by atoms with Crippen molar-refractivity contribution in [3.05, 3.63) is 29.8 Å². The summed E-state index contributed by atoms with van der Waals surface area (Å²) in [6.07, 6.45) is 2.09. The lowest BCUT2D eigenvalue weighted by Crippen LogP contribution is -2.47. The Morgan fingerprint density at radius 3 is 2.56 bits per heavy atom. The fourth-order valence-corrected chi connectivity index (χ4v) is 2.64. The van der Waals surface area contributed by atoms with Crippen LogP contribution in [0.5, 0.6) is 5.75 Å². The molecule has 1 aromatic rings. The minimum Gasteiger partial charge on any atom is -0.497 e. The molecule has 1 aromatic carbocycles. The number of halogens is 1. The van der Waals surface area contributed by atoms with E-state index in [1.807, 2.05) is 24.3 Å². The molecule has 1 unspecified atom stereocenters. The number of benzene rings is 1. The highest BCUT2D eigenvalue weighted by Crippen LogP contribution is 2.23. The van der Waals surface area contributed by atoms with Crippen molar-refractivity contribution >= 4 is 35.8 Å². The maximum absolute atomic E-state index is 11.9. The predicted octanol–water partition coefficient (Wildman–Crippen LogP) is 2.01. The lowest BCUT2D eigenvalue weighted by atomic mass is 10.0. The smallest absolute Gasteiger partial charge is 0.241 e. The molecule has 8 heteroatoms. The van der Waals surface area contributed by atoms with Gasteiger partial charge in [-0.3, -0.25) is 4.79 Å². The van der Waals surface area contributed by atoms with E-state index in [-0.39, 0.29) is 42.0 Å². The van der Waals surface area contributed by atoms with Crippen molar-refractivity contribution in [2.45, 2.75) is 31.9 Å². The van der Waals surface area contributed by atoms with E-state index in [0.29, 0.717) is 19.0 Å². The zero-order valence-electron chi connectivity index (χ0n) is 16.6. The fraction of sp³-hybridized carbons (Fsp3) is 0.579. The van der Waals surface area contributed by atoms with Gasteiger partial charge in [-0.15, -0.1) is 24.0 Å². The van der Waals surface area contributed by atoms with Crippen LogP contribution >= 0.6 is 24.0 Å². The number of methoxy groups -OCH3 is 1. The number of rotatable bonds is 7. The molecule has 1 amide bonds. The number of hydrogen-bond donors (Lipinski definition) is 2. The van der Waals surface area contributed by atoms with Crippen LogP contribution in [0.25, 0.3) is 0 Å². The van der Waals surface area contributed by atoms with Crippen LogP contribution in [0.4, 0.5) is 0 Å². The molecule has 0 spiro atoms. The molecule has 0 saturated carbocycles. The molecule has 1 aliphatic rings. The lowest BCUT2D eigenvalue weighted by Gasteiger charge is -2.25. The Balaban J connectivity index is 0.00000364. The Hall–Kier alpha value is -1.55. The van der Waals surface area contributed by atoms with E-state index < -0.39 is 0 Å². The summed E-state index contributed by atoms with van der Waals surface area (Å²) < 4.78 is 11.0. The van der Waals surface area contributed by atoms with Crippen molar-refractivity contribution in [2.75, 3.05) is 40.9 Å². The summed E-state index contributed by atoms with van der Waals surface area (Å²) in [5.41, 5.74) is 0.878. The summed E-state index contributed by atoms with van der Waals surface area (Å²) in [7, 11) is 5.12. The third-order valence-electron chi connectivity index (χ3n) is 4.41. The maximum atomic E-state index is 11.9. The largest absolute Gasteiger partial charge is 0.497 e. The molecule has 1 heterocycles. The molecule has 152 valence electrons. The number of hydrogen-bond acceptors (Lipinski definition) is 4. The first-order valence-electron chi connectivity index (χ1n) is 8.91. The van der Waals surface area contributed by atoms with Crippen molar-refractivity contribution in [3.63, 3.8) is 0 Å². The third kappa shape index (κ3) is 7.92. The highest BCUT2D eigenvalue weighted by atomic mass is 127. The minimum atomic E-state index is -0.186. The van der Waals surface area contributed by atoms with Crippen LogP contribution in [0.15, 0.2) is 29.3 Å². The van der Waals surface area contributed by atoms with E-state index >= 15 is 0 Å². The molecule has 0 aliphatic carbocycles. The van der Waals surface area contributed by atoms with Gasteiger partial charge in [0.15, 0.2) is 5.96 Å². The molecular formula is C19H31IN4O3. The second kappa shape index (κ2) is 11.3. The number of nitrogens with one attached hydrogen (secondary N) is 2.